The van der Waals surface area contributed by atoms with Crippen LogP contribution >= 0.6 is 47.1 Å². The molecular weight excluding hydrogens is 491 g/mol. The number of aliphatic imine (C=N–C) groups is 1. The molecule has 2 N–H and O–H groups in total. The summed E-state index contributed by atoms with van der Waals surface area (Å²) in [6.07, 6.45) is 3.78. The minimum Gasteiger partial charge on any atom is -0.443 e. The summed E-state index contributed by atoms with van der Waals surface area (Å²) in [7, 11) is 1.76. The predicted molar refractivity (Wildman–Crippen MR) is 125 cm³/mol. The lowest BCUT2D eigenvalue weighted by Gasteiger charge is -2.13. The molecule has 0 spiro atoms. The first-order chi connectivity index (χ1) is 12.7. The lowest BCUT2D eigenvalue weighted by molar-refractivity contribution is 0.573. The zero-order valence-electron chi connectivity index (χ0n) is 15.5. The summed E-state index contributed by atoms with van der Waals surface area (Å²) < 4.78 is 5.54. The van der Waals surface area contributed by atoms with E-state index in [1.165, 1.54) is 16.0 Å². The summed E-state index contributed by atoms with van der Waals surface area (Å²) in [6, 6.07) is 10.5. The Morgan fingerprint density at radius 1 is 1.26 bits per heavy atom. The number of nitrogens with one attached hydrogen (secondary N) is 2. The summed E-state index contributed by atoms with van der Waals surface area (Å²) in [5.74, 6) is 1.39. The number of hydrogen-bond donors (Lipinski definition) is 2. The number of thioether (sulfide) groups is 1. The van der Waals surface area contributed by atoms with Crippen LogP contribution in [0.5, 0.6) is 0 Å². The molecule has 0 fully saturated rings. The van der Waals surface area contributed by atoms with E-state index >= 15 is 0 Å². The van der Waals surface area contributed by atoms with E-state index in [9.17, 15) is 0 Å². The van der Waals surface area contributed by atoms with E-state index < -0.39 is 0 Å². The highest BCUT2D eigenvalue weighted by molar-refractivity contribution is 14.0. The molecule has 1 aromatic carbocycles. The van der Waals surface area contributed by atoms with Gasteiger partial charge in [0, 0.05) is 18.5 Å². The summed E-state index contributed by atoms with van der Waals surface area (Å²) in [5.41, 5.74) is 3.37. The van der Waals surface area contributed by atoms with Gasteiger partial charge in [-0.2, -0.15) is 0 Å². The molecule has 0 aliphatic carbocycles. The average molecular weight is 514 g/mol. The van der Waals surface area contributed by atoms with Crippen LogP contribution in [0.15, 0.2) is 56.3 Å². The first kappa shape index (κ1) is 21.8. The van der Waals surface area contributed by atoms with Crippen LogP contribution in [0.3, 0.4) is 0 Å². The van der Waals surface area contributed by atoms with Crippen molar-refractivity contribution in [1.29, 1.82) is 0 Å². The summed E-state index contributed by atoms with van der Waals surface area (Å²) in [5, 5.41) is 8.64. The van der Waals surface area contributed by atoms with Crippen molar-refractivity contribution in [3.05, 3.63) is 58.8 Å². The first-order valence-electron chi connectivity index (χ1n) is 8.26. The Bertz CT molecular complexity index is 878. The van der Waals surface area contributed by atoms with Gasteiger partial charge in [-0.25, -0.2) is 4.98 Å². The summed E-state index contributed by atoms with van der Waals surface area (Å²) >= 11 is 3.37. The average Bonchev–Trinajstić information content (AvgIpc) is 3.34. The van der Waals surface area contributed by atoms with Crippen LogP contribution in [-0.2, 0) is 13.1 Å². The quantitative estimate of drug-likeness (QED) is 0.212. The zero-order valence-corrected chi connectivity index (χ0v) is 19.4. The third-order valence-corrected chi connectivity index (χ3v) is 5.51. The normalized spacial score (nSPS) is 11.1. The second-order valence-corrected chi connectivity index (χ2v) is 7.51. The molecule has 0 aliphatic rings. The Morgan fingerprint density at radius 3 is 2.78 bits per heavy atom. The van der Waals surface area contributed by atoms with Gasteiger partial charge in [0.05, 0.1) is 17.1 Å². The van der Waals surface area contributed by atoms with E-state index in [0.29, 0.717) is 12.4 Å². The molecule has 5 nitrogen and oxygen atoms in total. The van der Waals surface area contributed by atoms with E-state index in [1.807, 2.05) is 17.5 Å². The molecule has 0 radical (unpaired) electrons. The predicted octanol–water partition coefficient (Wildman–Crippen LogP) is 4.92. The van der Waals surface area contributed by atoms with Crippen LogP contribution in [0.2, 0.25) is 0 Å². The van der Waals surface area contributed by atoms with Gasteiger partial charge in [0.25, 0.3) is 0 Å². The van der Waals surface area contributed by atoms with Crippen molar-refractivity contribution in [3.8, 4) is 10.8 Å². The molecule has 0 atom stereocenters. The Morgan fingerprint density at radius 2 is 2.07 bits per heavy atom. The summed E-state index contributed by atoms with van der Waals surface area (Å²) in [6.45, 7) is 3.38. The molecule has 27 heavy (non-hydrogen) atoms. The maximum absolute atomic E-state index is 5.54. The fraction of sp³-hybridized carbons (Fsp3) is 0.263. The molecular formula is C19H23IN4OS2. The standard InChI is InChI=1S/C19H22N4OS2.HI/c1-13-6-7-14(17(9-13)25-3)10-21-19(20-2)22-11-15-12-24-18(23-15)16-5-4-8-26-16;/h4-9,12H,10-11H2,1-3H3,(H2,20,21,22);1H. The largest absolute Gasteiger partial charge is 0.443 e. The lowest BCUT2D eigenvalue weighted by Crippen LogP contribution is -2.36. The van der Waals surface area contributed by atoms with E-state index in [1.54, 1.807) is 36.4 Å². The number of aromatic nitrogens is 1. The van der Waals surface area contributed by atoms with Crippen molar-refractivity contribution in [1.82, 2.24) is 15.6 Å². The van der Waals surface area contributed by atoms with E-state index in [4.69, 9.17) is 4.42 Å². The van der Waals surface area contributed by atoms with Crippen molar-refractivity contribution in [2.24, 2.45) is 4.99 Å². The minimum atomic E-state index is 0. The Labute approximate surface area is 185 Å². The highest BCUT2D eigenvalue weighted by atomic mass is 127. The van der Waals surface area contributed by atoms with Crippen molar-refractivity contribution in [2.45, 2.75) is 24.9 Å². The molecule has 3 rings (SSSR count). The summed E-state index contributed by atoms with van der Waals surface area (Å²) in [4.78, 5) is 11.1. The molecule has 2 aromatic heterocycles. The number of nitrogens with zero attached hydrogens (tertiary/aromatic N) is 2. The molecule has 0 unspecified atom stereocenters. The van der Waals surface area contributed by atoms with Gasteiger partial charge < -0.3 is 15.1 Å². The molecule has 2 heterocycles. The number of thiophene rings is 1. The molecule has 0 aliphatic heterocycles. The molecule has 0 bridgehead atoms. The van der Waals surface area contributed by atoms with Gasteiger partial charge in [0.15, 0.2) is 5.96 Å². The van der Waals surface area contributed by atoms with Crippen molar-refractivity contribution < 1.29 is 4.42 Å². The number of rotatable bonds is 6. The fourth-order valence-electron chi connectivity index (χ4n) is 2.47. The molecule has 3 aromatic rings. The highest BCUT2D eigenvalue weighted by Crippen LogP contribution is 2.23. The number of oxazole rings is 1. The van der Waals surface area contributed by atoms with Gasteiger partial charge in [0.1, 0.15) is 6.26 Å². The minimum absolute atomic E-state index is 0. The third kappa shape index (κ3) is 5.98. The highest BCUT2D eigenvalue weighted by Gasteiger charge is 2.08. The molecule has 0 amide bonds. The Balaban J connectivity index is 0.00000261. The van der Waals surface area contributed by atoms with Gasteiger partial charge in [-0.3, -0.25) is 4.99 Å². The zero-order chi connectivity index (χ0) is 18.4. The number of aryl methyl sites for hydroxylation is 1. The number of hydrogen-bond acceptors (Lipinski definition) is 5. The Kier molecular flexibility index (Phi) is 8.65. The van der Waals surface area contributed by atoms with Crippen LogP contribution in [0.25, 0.3) is 10.8 Å². The maximum atomic E-state index is 5.54. The lowest BCUT2D eigenvalue weighted by atomic mass is 10.1. The Hall–Kier alpha value is -1.52. The van der Waals surface area contributed by atoms with E-state index in [2.05, 4.69) is 52.0 Å². The second-order valence-electron chi connectivity index (χ2n) is 5.72. The molecule has 8 heteroatoms. The van der Waals surface area contributed by atoms with Crippen LogP contribution in [0, 0.1) is 6.92 Å². The van der Waals surface area contributed by atoms with Gasteiger partial charge in [-0.1, -0.05) is 18.2 Å². The number of benzene rings is 1. The monoisotopic (exact) mass is 514 g/mol. The topological polar surface area (TPSA) is 62.5 Å². The van der Waals surface area contributed by atoms with E-state index in [-0.39, 0.29) is 24.0 Å². The van der Waals surface area contributed by atoms with Crippen molar-refractivity contribution >= 4 is 53.0 Å². The third-order valence-electron chi connectivity index (χ3n) is 3.83. The molecule has 0 saturated heterocycles. The van der Waals surface area contributed by atoms with Crippen LogP contribution in [-0.4, -0.2) is 24.2 Å². The second kappa shape index (κ2) is 10.7. The molecule has 144 valence electrons. The SMILES string of the molecule is CN=C(NCc1coc(-c2cccs2)n1)NCc1ccc(C)cc1SC.I. The molecule has 0 saturated carbocycles. The van der Waals surface area contributed by atoms with Gasteiger partial charge in [-0.15, -0.1) is 47.1 Å². The first-order valence-corrected chi connectivity index (χ1v) is 10.4. The maximum Gasteiger partial charge on any atom is 0.236 e. The number of halogens is 1. The van der Waals surface area contributed by atoms with E-state index in [0.717, 1.165) is 23.1 Å². The van der Waals surface area contributed by atoms with Crippen LogP contribution < -0.4 is 10.6 Å². The van der Waals surface area contributed by atoms with Crippen molar-refractivity contribution in [2.75, 3.05) is 13.3 Å². The van der Waals surface area contributed by atoms with Crippen LogP contribution in [0.4, 0.5) is 0 Å². The van der Waals surface area contributed by atoms with Gasteiger partial charge in [0.2, 0.25) is 5.89 Å². The fourth-order valence-corrected chi connectivity index (χ4v) is 3.83. The van der Waals surface area contributed by atoms with Crippen LogP contribution in [0.1, 0.15) is 16.8 Å². The number of guanidine groups is 1. The van der Waals surface area contributed by atoms with Crippen molar-refractivity contribution in [3.63, 3.8) is 0 Å². The van der Waals surface area contributed by atoms with Gasteiger partial charge in [-0.05, 0) is 41.8 Å². The smallest absolute Gasteiger partial charge is 0.236 e. The van der Waals surface area contributed by atoms with Gasteiger partial charge >= 0.3 is 0 Å².